The van der Waals surface area contributed by atoms with E-state index in [1.165, 1.54) is 11.0 Å². The SMILES string of the molecule is Cc1ccc(S(=O)(=O)Nc2ccc3ccccc3c2/C(=C\C=C\C(=O)N(C)C)c2ccccc2)cc1. The van der Waals surface area contributed by atoms with E-state index in [1.807, 2.05) is 73.7 Å². The lowest BCUT2D eigenvalue weighted by molar-refractivity contribution is -0.123. The first kappa shape index (κ1) is 24.9. The Morgan fingerprint density at radius 2 is 1.50 bits per heavy atom. The van der Waals surface area contributed by atoms with Gasteiger partial charge in [-0.15, -0.1) is 0 Å². The van der Waals surface area contributed by atoms with E-state index in [1.54, 1.807) is 50.5 Å². The smallest absolute Gasteiger partial charge is 0.261 e. The number of amides is 1. The van der Waals surface area contributed by atoms with Gasteiger partial charge in [-0.3, -0.25) is 9.52 Å². The Hall–Kier alpha value is -4.16. The molecule has 1 amide bonds. The Balaban J connectivity index is 1.93. The van der Waals surface area contributed by atoms with Crippen LogP contribution >= 0.6 is 0 Å². The maximum Gasteiger partial charge on any atom is 0.261 e. The fourth-order valence-electron chi connectivity index (χ4n) is 3.89. The van der Waals surface area contributed by atoms with Crippen molar-refractivity contribution in [2.24, 2.45) is 0 Å². The molecule has 1 N–H and O–H groups in total. The third-order valence-electron chi connectivity index (χ3n) is 5.80. The first-order chi connectivity index (χ1) is 17.3. The van der Waals surface area contributed by atoms with Crippen molar-refractivity contribution in [2.75, 3.05) is 18.8 Å². The zero-order valence-electron chi connectivity index (χ0n) is 20.5. The quantitative estimate of drug-likeness (QED) is 0.251. The van der Waals surface area contributed by atoms with Gasteiger partial charge in [0.1, 0.15) is 0 Å². The molecule has 4 rings (SSSR count). The number of likely N-dealkylation sites (N-methyl/N-ethyl adjacent to an activating group) is 1. The molecule has 0 fully saturated rings. The van der Waals surface area contributed by atoms with Crippen LogP contribution in [0.1, 0.15) is 16.7 Å². The van der Waals surface area contributed by atoms with Gasteiger partial charge in [-0.05, 0) is 47.0 Å². The van der Waals surface area contributed by atoms with Crippen molar-refractivity contribution in [3.8, 4) is 0 Å². The van der Waals surface area contributed by atoms with Crippen molar-refractivity contribution in [1.29, 1.82) is 0 Å². The van der Waals surface area contributed by atoms with Gasteiger partial charge in [0, 0.05) is 25.7 Å². The zero-order valence-corrected chi connectivity index (χ0v) is 21.3. The summed E-state index contributed by atoms with van der Waals surface area (Å²) in [6.07, 6.45) is 5.04. The molecule has 36 heavy (non-hydrogen) atoms. The first-order valence-electron chi connectivity index (χ1n) is 11.5. The molecule has 0 heterocycles. The lowest BCUT2D eigenvalue weighted by Gasteiger charge is -2.18. The second-order valence-electron chi connectivity index (χ2n) is 8.67. The summed E-state index contributed by atoms with van der Waals surface area (Å²) in [5.74, 6) is -0.142. The van der Waals surface area contributed by atoms with Crippen molar-refractivity contribution >= 4 is 38.0 Å². The minimum absolute atomic E-state index is 0.142. The summed E-state index contributed by atoms with van der Waals surface area (Å²) >= 11 is 0. The molecule has 0 unspecified atom stereocenters. The van der Waals surface area contributed by atoms with Crippen LogP contribution < -0.4 is 4.72 Å². The molecule has 5 nitrogen and oxygen atoms in total. The Labute approximate surface area is 212 Å². The van der Waals surface area contributed by atoms with Crippen LogP contribution in [0, 0.1) is 6.92 Å². The van der Waals surface area contributed by atoms with Gasteiger partial charge >= 0.3 is 0 Å². The highest BCUT2D eigenvalue weighted by Gasteiger charge is 2.20. The number of fused-ring (bicyclic) bond motifs is 1. The second kappa shape index (κ2) is 10.6. The van der Waals surface area contributed by atoms with E-state index in [9.17, 15) is 13.2 Å². The molecule has 0 saturated heterocycles. The minimum atomic E-state index is -3.84. The van der Waals surface area contributed by atoms with Gasteiger partial charge in [0.25, 0.3) is 10.0 Å². The molecule has 4 aromatic carbocycles. The molecule has 4 aromatic rings. The molecule has 0 aliphatic carbocycles. The van der Waals surface area contributed by atoms with Gasteiger partial charge in [-0.1, -0.05) is 90.5 Å². The van der Waals surface area contributed by atoms with Crippen LogP contribution in [0.2, 0.25) is 0 Å². The predicted molar refractivity (Wildman–Crippen MR) is 147 cm³/mol. The van der Waals surface area contributed by atoms with Gasteiger partial charge in [0.15, 0.2) is 0 Å². The molecule has 6 heteroatoms. The number of rotatable bonds is 7. The highest BCUT2D eigenvalue weighted by Crippen LogP contribution is 2.37. The van der Waals surface area contributed by atoms with E-state index >= 15 is 0 Å². The fraction of sp³-hybridized carbons (Fsp3) is 0.100. The number of nitrogens with zero attached hydrogens (tertiary/aromatic N) is 1. The predicted octanol–water partition coefficient (Wildman–Crippen LogP) is 6.03. The van der Waals surface area contributed by atoms with Gasteiger partial charge in [-0.2, -0.15) is 0 Å². The summed E-state index contributed by atoms with van der Waals surface area (Å²) in [6.45, 7) is 1.91. The molecular formula is C30H28N2O3S. The van der Waals surface area contributed by atoms with E-state index in [4.69, 9.17) is 0 Å². The largest absolute Gasteiger partial charge is 0.345 e. The summed E-state index contributed by atoms with van der Waals surface area (Å²) in [4.78, 5) is 13.8. The second-order valence-corrected chi connectivity index (χ2v) is 10.3. The number of nitrogens with one attached hydrogen (secondary N) is 1. The van der Waals surface area contributed by atoms with Crippen molar-refractivity contribution < 1.29 is 13.2 Å². The number of anilines is 1. The van der Waals surface area contributed by atoms with E-state index in [0.717, 1.165) is 33.0 Å². The normalized spacial score (nSPS) is 12.1. The zero-order chi connectivity index (χ0) is 25.7. The van der Waals surface area contributed by atoms with Crippen LogP contribution in [0.4, 0.5) is 5.69 Å². The molecular weight excluding hydrogens is 468 g/mol. The van der Waals surface area contributed by atoms with Crippen molar-refractivity contribution in [3.63, 3.8) is 0 Å². The van der Waals surface area contributed by atoms with Crippen LogP contribution in [0.15, 0.2) is 114 Å². The lowest BCUT2D eigenvalue weighted by atomic mass is 9.91. The Bertz CT molecular complexity index is 1550. The average Bonchev–Trinajstić information content (AvgIpc) is 2.87. The fourth-order valence-corrected chi connectivity index (χ4v) is 4.96. The van der Waals surface area contributed by atoms with E-state index in [2.05, 4.69) is 4.72 Å². The highest BCUT2D eigenvalue weighted by atomic mass is 32.2. The van der Waals surface area contributed by atoms with Crippen LogP contribution in [0.25, 0.3) is 16.3 Å². The monoisotopic (exact) mass is 496 g/mol. The van der Waals surface area contributed by atoms with E-state index < -0.39 is 10.0 Å². The standard InChI is InChI=1S/C30H28N2O3S/c1-22-16-19-25(20-17-22)36(34,35)31-28-21-18-24-12-7-8-13-26(24)30(28)27(23-10-5-4-6-11-23)14-9-15-29(33)32(2)3/h4-21,31H,1-3H3/b15-9+,27-14-. The van der Waals surface area contributed by atoms with Crippen molar-refractivity contribution in [2.45, 2.75) is 11.8 Å². The van der Waals surface area contributed by atoms with Crippen molar-refractivity contribution in [1.82, 2.24) is 4.90 Å². The Morgan fingerprint density at radius 1 is 0.833 bits per heavy atom. The van der Waals surface area contributed by atoms with Crippen LogP contribution in [0.5, 0.6) is 0 Å². The highest BCUT2D eigenvalue weighted by molar-refractivity contribution is 7.92. The Kier molecular flexibility index (Phi) is 7.36. The van der Waals surface area contributed by atoms with Gasteiger partial charge in [-0.25, -0.2) is 8.42 Å². The molecule has 0 radical (unpaired) electrons. The number of carbonyl (C=O) groups is 1. The summed E-state index contributed by atoms with van der Waals surface area (Å²) in [6, 6.07) is 28.0. The van der Waals surface area contributed by atoms with Crippen LogP contribution in [-0.4, -0.2) is 33.3 Å². The van der Waals surface area contributed by atoms with Gasteiger partial charge < -0.3 is 4.90 Å². The van der Waals surface area contributed by atoms with Crippen LogP contribution in [0.3, 0.4) is 0 Å². The molecule has 0 saturated carbocycles. The number of hydrogen-bond donors (Lipinski definition) is 1. The maximum absolute atomic E-state index is 13.3. The molecule has 182 valence electrons. The van der Waals surface area contributed by atoms with Crippen molar-refractivity contribution in [3.05, 3.63) is 126 Å². The first-order valence-corrected chi connectivity index (χ1v) is 13.0. The summed E-state index contributed by atoms with van der Waals surface area (Å²) < 4.78 is 29.5. The average molecular weight is 497 g/mol. The van der Waals surface area contributed by atoms with Gasteiger partial charge in [0.2, 0.25) is 5.91 Å². The molecule has 0 aliphatic heterocycles. The molecule has 0 aliphatic rings. The van der Waals surface area contributed by atoms with E-state index in [-0.39, 0.29) is 10.8 Å². The number of benzene rings is 4. The number of sulfonamides is 1. The van der Waals surface area contributed by atoms with E-state index in [0.29, 0.717) is 5.69 Å². The van der Waals surface area contributed by atoms with Crippen LogP contribution in [-0.2, 0) is 14.8 Å². The number of hydrogen-bond acceptors (Lipinski definition) is 3. The molecule has 0 atom stereocenters. The molecule has 0 bridgehead atoms. The third-order valence-corrected chi connectivity index (χ3v) is 7.18. The van der Waals surface area contributed by atoms with Gasteiger partial charge in [0.05, 0.1) is 10.6 Å². The number of aryl methyl sites for hydroxylation is 1. The molecule has 0 spiro atoms. The molecule has 0 aromatic heterocycles. The lowest BCUT2D eigenvalue weighted by Crippen LogP contribution is -2.18. The summed E-state index contributed by atoms with van der Waals surface area (Å²) in [7, 11) is -0.455. The maximum atomic E-state index is 13.3. The Morgan fingerprint density at radius 3 is 2.19 bits per heavy atom. The number of allylic oxidation sites excluding steroid dienone is 2. The minimum Gasteiger partial charge on any atom is -0.345 e. The topological polar surface area (TPSA) is 66.5 Å². The third kappa shape index (κ3) is 5.56. The number of carbonyl (C=O) groups excluding carboxylic acids is 1. The summed E-state index contributed by atoms with van der Waals surface area (Å²) in [5.41, 5.74) is 3.85. The summed E-state index contributed by atoms with van der Waals surface area (Å²) in [5, 5.41) is 1.87.